The first-order chi connectivity index (χ1) is 7.87. The lowest BCUT2D eigenvalue weighted by atomic mass is 9.90. The molecule has 0 aromatic heterocycles. The summed E-state index contributed by atoms with van der Waals surface area (Å²) in [6.07, 6.45) is 0.777. The van der Waals surface area contributed by atoms with Crippen LogP contribution in [-0.4, -0.2) is 43.9 Å². The van der Waals surface area contributed by atoms with Crippen LogP contribution < -0.4 is 10.6 Å². The maximum atomic E-state index is 11.3. The van der Waals surface area contributed by atoms with Gasteiger partial charge in [0.2, 0.25) is 0 Å². The molecule has 100 valence electrons. The summed E-state index contributed by atoms with van der Waals surface area (Å²) >= 11 is 0. The summed E-state index contributed by atoms with van der Waals surface area (Å²) in [5, 5.41) is 13.6. The van der Waals surface area contributed by atoms with Crippen molar-refractivity contribution < 1.29 is 19.4 Å². The van der Waals surface area contributed by atoms with Gasteiger partial charge in [-0.25, -0.2) is 4.79 Å². The van der Waals surface area contributed by atoms with Gasteiger partial charge in [0.15, 0.2) is 0 Å². The van der Waals surface area contributed by atoms with E-state index >= 15 is 0 Å². The van der Waals surface area contributed by atoms with E-state index in [1.165, 1.54) is 0 Å². The summed E-state index contributed by atoms with van der Waals surface area (Å²) < 4.78 is 4.98. The van der Waals surface area contributed by atoms with E-state index < -0.39 is 5.97 Å². The van der Waals surface area contributed by atoms with Crippen molar-refractivity contribution in [1.82, 2.24) is 10.6 Å². The number of ether oxygens (including phenoxy) is 1. The lowest BCUT2D eigenvalue weighted by molar-refractivity contribution is -0.136. The van der Waals surface area contributed by atoms with Gasteiger partial charge in [0.25, 0.3) is 0 Å². The second-order valence-electron chi connectivity index (χ2n) is 4.66. The van der Waals surface area contributed by atoms with Gasteiger partial charge < -0.3 is 20.5 Å². The van der Waals surface area contributed by atoms with Crippen molar-refractivity contribution in [2.45, 2.75) is 26.7 Å². The summed E-state index contributed by atoms with van der Waals surface area (Å²) in [4.78, 5) is 21.5. The van der Waals surface area contributed by atoms with Gasteiger partial charge in [-0.2, -0.15) is 0 Å². The summed E-state index contributed by atoms with van der Waals surface area (Å²) in [5.41, 5.74) is -0.0415. The van der Waals surface area contributed by atoms with Crippen molar-refractivity contribution in [1.29, 1.82) is 0 Å². The fourth-order valence-corrected chi connectivity index (χ4v) is 1.13. The first kappa shape index (κ1) is 15.7. The number of amides is 2. The number of carbonyl (C=O) groups is 2. The maximum absolute atomic E-state index is 11.3. The lowest BCUT2D eigenvalue weighted by Crippen LogP contribution is -2.41. The van der Waals surface area contributed by atoms with Crippen molar-refractivity contribution in [2.24, 2.45) is 5.41 Å². The van der Waals surface area contributed by atoms with Crippen LogP contribution in [0.4, 0.5) is 4.79 Å². The molecule has 0 spiro atoms. The number of carboxylic acid groups (broad SMARTS) is 1. The van der Waals surface area contributed by atoms with Crippen LogP contribution in [-0.2, 0) is 9.53 Å². The van der Waals surface area contributed by atoms with Gasteiger partial charge >= 0.3 is 12.0 Å². The van der Waals surface area contributed by atoms with Gasteiger partial charge in [0.05, 0.1) is 6.42 Å². The fourth-order valence-electron chi connectivity index (χ4n) is 1.13. The van der Waals surface area contributed by atoms with Gasteiger partial charge in [0, 0.05) is 26.8 Å². The Hall–Kier alpha value is -1.30. The minimum atomic E-state index is -0.925. The van der Waals surface area contributed by atoms with Crippen LogP contribution in [0.3, 0.4) is 0 Å². The minimum absolute atomic E-state index is 0.0415. The molecule has 0 rings (SSSR count). The molecule has 0 aliphatic heterocycles. The zero-order valence-electron chi connectivity index (χ0n) is 10.7. The van der Waals surface area contributed by atoms with Gasteiger partial charge in [-0.1, -0.05) is 13.8 Å². The van der Waals surface area contributed by atoms with Crippen molar-refractivity contribution >= 4 is 12.0 Å². The number of carbonyl (C=O) groups excluding carboxylic acids is 1. The zero-order chi connectivity index (χ0) is 13.3. The number of methoxy groups -OCH3 is 1. The molecular formula is C11H22N2O4. The molecular weight excluding hydrogens is 224 g/mol. The highest BCUT2D eigenvalue weighted by Crippen LogP contribution is 2.18. The van der Waals surface area contributed by atoms with Crippen LogP contribution in [0.2, 0.25) is 0 Å². The molecule has 0 aliphatic carbocycles. The fraction of sp³-hybridized carbons (Fsp3) is 0.818. The van der Waals surface area contributed by atoms with Gasteiger partial charge in [0.1, 0.15) is 0 Å². The van der Waals surface area contributed by atoms with E-state index in [4.69, 9.17) is 9.84 Å². The van der Waals surface area contributed by atoms with Crippen LogP contribution in [0.1, 0.15) is 26.7 Å². The average Bonchev–Trinajstić information content (AvgIpc) is 2.23. The number of urea groups is 1. The molecule has 0 atom stereocenters. The Morgan fingerprint density at radius 2 is 1.94 bits per heavy atom. The highest BCUT2D eigenvalue weighted by molar-refractivity contribution is 5.74. The molecule has 0 radical (unpaired) electrons. The number of rotatable bonds is 8. The van der Waals surface area contributed by atoms with Crippen molar-refractivity contribution in [2.75, 3.05) is 26.8 Å². The molecule has 17 heavy (non-hydrogen) atoms. The quantitative estimate of drug-likeness (QED) is 0.591. The van der Waals surface area contributed by atoms with E-state index in [9.17, 15) is 9.59 Å². The molecule has 6 heteroatoms. The molecule has 0 saturated heterocycles. The topological polar surface area (TPSA) is 87.7 Å². The van der Waals surface area contributed by atoms with E-state index in [2.05, 4.69) is 10.6 Å². The standard InChI is InChI=1S/C11H22N2O4/c1-11(2,5-7-17-3)8-13-10(16)12-6-4-9(14)15/h4-8H2,1-3H3,(H,14,15)(H2,12,13,16). The number of carboxylic acids is 1. The van der Waals surface area contributed by atoms with Crippen LogP contribution in [0, 0.1) is 5.41 Å². The average molecular weight is 246 g/mol. The highest BCUT2D eigenvalue weighted by Gasteiger charge is 2.18. The minimum Gasteiger partial charge on any atom is -0.481 e. The number of nitrogens with one attached hydrogen (secondary N) is 2. The smallest absolute Gasteiger partial charge is 0.314 e. The third kappa shape index (κ3) is 9.62. The van der Waals surface area contributed by atoms with Crippen molar-refractivity contribution in [3.63, 3.8) is 0 Å². The Morgan fingerprint density at radius 1 is 1.29 bits per heavy atom. The second-order valence-corrected chi connectivity index (χ2v) is 4.66. The SMILES string of the molecule is COCCC(C)(C)CNC(=O)NCCC(=O)O. The third-order valence-electron chi connectivity index (χ3n) is 2.33. The van der Waals surface area contributed by atoms with Crippen LogP contribution >= 0.6 is 0 Å². The summed E-state index contributed by atoms with van der Waals surface area (Å²) in [6.45, 7) is 5.37. The summed E-state index contributed by atoms with van der Waals surface area (Å²) in [5.74, 6) is -0.925. The molecule has 0 saturated carbocycles. The maximum Gasteiger partial charge on any atom is 0.314 e. The molecule has 0 aromatic rings. The molecule has 6 nitrogen and oxygen atoms in total. The first-order valence-corrected chi connectivity index (χ1v) is 5.60. The lowest BCUT2D eigenvalue weighted by Gasteiger charge is -2.24. The Balaban J connectivity index is 3.71. The first-order valence-electron chi connectivity index (χ1n) is 5.60. The molecule has 0 aromatic carbocycles. The van der Waals surface area contributed by atoms with Gasteiger partial charge in [-0.15, -0.1) is 0 Å². The molecule has 0 heterocycles. The molecule has 0 fully saturated rings. The van der Waals surface area contributed by atoms with Crippen molar-refractivity contribution in [3.05, 3.63) is 0 Å². The van der Waals surface area contributed by atoms with E-state index in [-0.39, 0.29) is 24.4 Å². The van der Waals surface area contributed by atoms with E-state index in [1.54, 1.807) is 7.11 Å². The molecule has 2 amide bonds. The molecule has 0 aliphatic rings. The van der Waals surface area contributed by atoms with Crippen LogP contribution in [0.15, 0.2) is 0 Å². The Bertz CT molecular complexity index is 254. The normalized spacial score (nSPS) is 11.0. The summed E-state index contributed by atoms with van der Waals surface area (Å²) in [7, 11) is 1.64. The van der Waals surface area contributed by atoms with Gasteiger partial charge in [-0.3, -0.25) is 4.79 Å². The van der Waals surface area contributed by atoms with E-state index in [1.807, 2.05) is 13.8 Å². The molecule has 3 N–H and O–H groups in total. The molecule has 0 unspecified atom stereocenters. The number of hydrogen-bond acceptors (Lipinski definition) is 3. The third-order valence-corrected chi connectivity index (χ3v) is 2.33. The van der Waals surface area contributed by atoms with Crippen LogP contribution in [0.25, 0.3) is 0 Å². The zero-order valence-corrected chi connectivity index (χ0v) is 10.7. The highest BCUT2D eigenvalue weighted by atomic mass is 16.5. The Morgan fingerprint density at radius 3 is 2.47 bits per heavy atom. The number of aliphatic carboxylic acids is 1. The molecule has 0 bridgehead atoms. The van der Waals surface area contributed by atoms with E-state index in [0.29, 0.717) is 13.2 Å². The largest absolute Gasteiger partial charge is 0.481 e. The summed E-state index contributed by atoms with van der Waals surface area (Å²) in [6, 6.07) is -0.336. The Kier molecular flexibility index (Phi) is 7.29. The van der Waals surface area contributed by atoms with Gasteiger partial charge in [-0.05, 0) is 11.8 Å². The Labute approximate surface area is 102 Å². The predicted octanol–water partition coefficient (Wildman–Crippen LogP) is 0.823. The van der Waals surface area contributed by atoms with Crippen molar-refractivity contribution in [3.8, 4) is 0 Å². The van der Waals surface area contributed by atoms with Crippen LogP contribution in [0.5, 0.6) is 0 Å². The second kappa shape index (κ2) is 7.89. The predicted molar refractivity (Wildman–Crippen MR) is 63.9 cm³/mol. The number of hydrogen-bond donors (Lipinski definition) is 3. The monoisotopic (exact) mass is 246 g/mol. The van der Waals surface area contributed by atoms with E-state index in [0.717, 1.165) is 6.42 Å².